The highest BCUT2D eigenvalue weighted by Gasteiger charge is 2.12. The van der Waals surface area contributed by atoms with Crippen molar-refractivity contribution in [2.75, 3.05) is 29.9 Å². The second kappa shape index (κ2) is 9.16. The maximum Gasteiger partial charge on any atom is 0.310 e. The maximum absolute atomic E-state index is 12.8. The average Bonchev–Trinajstić information content (AvgIpc) is 2.69. The van der Waals surface area contributed by atoms with Crippen molar-refractivity contribution in [1.29, 1.82) is 0 Å². The van der Waals surface area contributed by atoms with E-state index < -0.39 is 11.9 Å². The predicted octanol–water partition coefficient (Wildman–Crippen LogP) is 3.54. The molecule has 0 radical (unpaired) electrons. The number of carbonyl (C=O) groups is 2. The molecule has 0 spiro atoms. The Kier molecular flexibility index (Phi) is 6.41. The number of carbonyl (C=O) groups excluding carboxylic acids is 2. The van der Waals surface area contributed by atoms with Gasteiger partial charge in [0.1, 0.15) is 5.82 Å². The second-order valence-corrected chi connectivity index (χ2v) is 6.61. The first-order valence-corrected chi connectivity index (χ1v) is 9.15. The molecule has 0 atom stereocenters. The van der Waals surface area contributed by atoms with Crippen molar-refractivity contribution in [2.45, 2.75) is 25.7 Å². The Morgan fingerprint density at radius 2 is 1.63 bits per heavy atom. The Hall–Kier alpha value is -2.89. The van der Waals surface area contributed by atoms with Gasteiger partial charge >= 0.3 is 5.97 Å². The lowest BCUT2D eigenvalue weighted by Crippen LogP contribution is -2.29. The first-order chi connectivity index (χ1) is 13.1. The molecule has 0 saturated carbocycles. The van der Waals surface area contributed by atoms with Gasteiger partial charge in [0.15, 0.2) is 6.61 Å². The molecule has 1 amide bonds. The van der Waals surface area contributed by atoms with E-state index in [0.717, 1.165) is 18.8 Å². The molecule has 0 aromatic heterocycles. The SMILES string of the molecule is O=C(COC(=O)Cc1ccc(F)cc1)Nc1ccc(N2CCCCC2)cc1. The van der Waals surface area contributed by atoms with Crippen molar-refractivity contribution in [3.63, 3.8) is 0 Å². The smallest absolute Gasteiger partial charge is 0.310 e. The molecule has 2 aromatic carbocycles. The van der Waals surface area contributed by atoms with Gasteiger partial charge in [-0.15, -0.1) is 0 Å². The molecular formula is C21H23FN2O3. The molecule has 0 aliphatic carbocycles. The highest BCUT2D eigenvalue weighted by Crippen LogP contribution is 2.21. The van der Waals surface area contributed by atoms with Gasteiger partial charge in [0.25, 0.3) is 5.91 Å². The van der Waals surface area contributed by atoms with E-state index in [2.05, 4.69) is 10.2 Å². The Balaban J connectivity index is 1.43. The minimum Gasteiger partial charge on any atom is -0.455 e. The van der Waals surface area contributed by atoms with E-state index >= 15 is 0 Å². The fourth-order valence-corrected chi connectivity index (χ4v) is 3.07. The van der Waals surface area contributed by atoms with Crippen LogP contribution in [0.4, 0.5) is 15.8 Å². The average molecular weight is 370 g/mol. The van der Waals surface area contributed by atoms with E-state index in [1.54, 1.807) is 0 Å². The Labute approximate surface area is 158 Å². The van der Waals surface area contributed by atoms with Crippen molar-refractivity contribution in [1.82, 2.24) is 0 Å². The maximum atomic E-state index is 12.8. The number of ether oxygens (including phenoxy) is 1. The summed E-state index contributed by atoms with van der Waals surface area (Å²) in [6, 6.07) is 13.3. The molecule has 6 heteroatoms. The summed E-state index contributed by atoms with van der Waals surface area (Å²) in [4.78, 5) is 26.1. The fourth-order valence-electron chi connectivity index (χ4n) is 3.07. The lowest BCUT2D eigenvalue weighted by atomic mass is 10.1. The number of anilines is 2. The number of nitrogens with zero attached hydrogens (tertiary/aromatic N) is 1. The van der Waals surface area contributed by atoms with Gasteiger partial charge in [0.2, 0.25) is 0 Å². The van der Waals surface area contributed by atoms with Crippen LogP contribution >= 0.6 is 0 Å². The number of rotatable bonds is 6. The molecule has 142 valence electrons. The highest BCUT2D eigenvalue weighted by molar-refractivity contribution is 5.93. The molecule has 1 saturated heterocycles. The number of nitrogens with one attached hydrogen (secondary N) is 1. The van der Waals surface area contributed by atoms with Crippen LogP contribution in [0.15, 0.2) is 48.5 Å². The highest BCUT2D eigenvalue weighted by atomic mass is 19.1. The normalized spacial score (nSPS) is 13.9. The molecule has 2 aromatic rings. The van der Waals surface area contributed by atoms with E-state index in [9.17, 15) is 14.0 Å². The zero-order valence-electron chi connectivity index (χ0n) is 15.1. The molecule has 1 aliphatic heterocycles. The third kappa shape index (κ3) is 5.81. The number of piperidine rings is 1. The van der Waals surface area contributed by atoms with E-state index in [-0.39, 0.29) is 18.8 Å². The quantitative estimate of drug-likeness (QED) is 0.790. The third-order valence-corrected chi connectivity index (χ3v) is 4.50. The van der Waals surface area contributed by atoms with Crippen molar-refractivity contribution in [2.24, 2.45) is 0 Å². The van der Waals surface area contributed by atoms with Crippen LogP contribution in [0.1, 0.15) is 24.8 Å². The monoisotopic (exact) mass is 370 g/mol. The number of hydrogen-bond donors (Lipinski definition) is 1. The molecule has 0 bridgehead atoms. The van der Waals surface area contributed by atoms with Crippen molar-refractivity contribution in [3.8, 4) is 0 Å². The van der Waals surface area contributed by atoms with Crippen LogP contribution in [-0.2, 0) is 20.7 Å². The van der Waals surface area contributed by atoms with Crippen LogP contribution in [-0.4, -0.2) is 31.6 Å². The van der Waals surface area contributed by atoms with E-state index in [4.69, 9.17) is 4.74 Å². The van der Waals surface area contributed by atoms with Crippen molar-refractivity contribution >= 4 is 23.3 Å². The van der Waals surface area contributed by atoms with Crippen molar-refractivity contribution < 1.29 is 18.7 Å². The Bertz CT molecular complexity index is 769. The van der Waals surface area contributed by atoms with Gasteiger partial charge in [-0.1, -0.05) is 12.1 Å². The minimum absolute atomic E-state index is 0.00189. The summed E-state index contributed by atoms with van der Waals surface area (Å²) < 4.78 is 17.8. The summed E-state index contributed by atoms with van der Waals surface area (Å²) in [5, 5.41) is 2.71. The zero-order valence-corrected chi connectivity index (χ0v) is 15.1. The molecule has 3 rings (SSSR count). The molecule has 0 unspecified atom stereocenters. The summed E-state index contributed by atoms with van der Waals surface area (Å²) in [6.45, 7) is 1.78. The van der Waals surface area contributed by atoms with E-state index in [1.807, 2.05) is 24.3 Å². The van der Waals surface area contributed by atoms with Crippen LogP contribution in [0.2, 0.25) is 0 Å². The number of halogens is 1. The largest absolute Gasteiger partial charge is 0.455 e. The number of benzene rings is 2. The summed E-state index contributed by atoms with van der Waals surface area (Å²) in [7, 11) is 0. The predicted molar refractivity (Wildman–Crippen MR) is 102 cm³/mol. The topological polar surface area (TPSA) is 58.6 Å². The minimum atomic E-state index is -0.530. The molecule has 1 heterocycles. The summed E-state index contributed by atoms with van der Waals surface area (Å²) >= 11 is 0. The van der Waals surface area contributed by atoms with Gasteiger partial charge in [-0.25, -0.2) is 4.39 Å². The standard InChI is InChI=1S/C21H23FN2O3/c22-17-6-4-16(5-7-17)14-21(26)27-15-20(25)23-18-8-10-19(11-9-18)24-12-2-1-3-13-24/h4-11H,1-3,12-15H2,(H,23,25). The number of esters is 1. The lowest BCUT2D eigenvalue weighted by Gasteiger charge is -2.28. The summed E-state index contributed by atoms with van der Waals surface area (Å²) in [5.41, 5.74) is 2.45. The molecule has 1 aliphatic rings. The van der Waals surface area contributed by atoms with E-state index in [1.165, 1.54) is 43.5 Å². The van der Waals surface area contributed by atoms with Gasteiger partial charge < -0.3 is 15.0 Å². The number of amides is 1. The van der Waals surface area contributed by atoms with Gasteiger partial charge in [0, 0.05) is 24.5 Å². The van der Waals surface area contributed by atoms with Crippen LogP contribution in [0.3, 0.4) is 0 Å². The summed E-state index contributed by atoms with van der Waals surface area (Å²) in [5.74, 6) is -1.29. The van der Waals surface area contributed by atoms with Gasteiger partial charge in [-0.3, -0.25) is 9.59 Å². The Morgan fingerprint density at radius 3 is 2.30 bits per heavy atom. The molecule has 1 fully saturated rings. The van der Waals surface area contributed by atoms with Crippen LogP contribution in [0.25, 0.3) is 0 Å². The zero-order chi connectivity index (χ0) is 19.1. The molecular weight excluding hydrogens is 347 g/mol. The lowest BCUT2D eigenvalue weighted by molar-refractivity contribution is -0.146. The molecule has 1 N–H and O–H groups in total. The van der Waals surface area contributed by atoms with Gasteiger partial charge in [-0.05, 0) is 61.2 Å². The first-order valence-electron chi connectivity index (χ1n) is 9.15. The van der Waals surface area contributed by atoms with Crippen LogP contribution in [0, 0.1) is 5.82 Å². The Morgan fingerprint density at radius 1 is 0.963 bits per heavy atom. The summed E-state index contributed by atoms with van der Waals surface area (Å²) in [6.07, 6.45) is 3.70. The van der Waals surface area contributed by atoms with Crippen LogP contribution < -0.4 is 10.2 Å². The second-order valence-electron chi connectivity index (χ2n) is 6.61. The first kappa shape index (κ1) is 18.9. The van der Waals surface area contributed by atoms with Crippen molar-refractivity contribution in [3.05, 3.63) is 59.9 Å². The van der Waals surface area contributed by atoms with Gasteiger partial charge in [-0.2, -0.15) is 0 Å². The number of hydrogen-bond acceptors (Lipinski definition) is 4. The molecule has 27 heavy (non-hydrogen) atoms. The molecule has 5 nitrogen and oxygen atoms in total. The van der Waals surface area contributed by atoms with E-state index in [0.29, 0.717) is 11.3 Å². The van der Waals surface area contributed by atoms with Gasteiger partial charge in [0.05, 0.1) is 6.42 Å². The van der Waals surface area contributed by atoms with Crippen LogP contribution in [0.5, 0.6) is 0 Å². The third-order valence-electron chi connectivity index (χ3n) is 4.50. The fraction of sp³-hybridized carbons (Fsp3) is 0.333.